The van der Waals surface area contributed by atoms with E-state index in [4.69, 9.17) is 9.47 Å². The fraction of sp³-hybridized carbons (Fsp3) is 0.571. The Hall–Kier alpha value is -4.32. The van der Waals surface area contributed by atoms with Crippen molar-refractivity contribution in [3.63, 3.8) is 0 Å². The lowest BCUT2D eigenvalue weighted by Crippen LogP contribution is -2.15. The van der Waals surface area contributed by atoms with Crippen LogP contribution in [-0.4, -0.2) is 25.0 Å². The molecule has 4 aromatic rings. The number of anilines is 2. The van der Waals surface area contributed by atoms with Gasteiger partial charge >= 0.3 is 0 Å². The average Bonchev–Trinajstić information content (AvgIpc) is 3.28. The molecular formula is C56H82N2O4. The van der Waals surface area contributed by atoms with Gasteiger partial charge < -0.3 is 20.1 Å². The highest BCUT2D eigenvalue weighted by atomic mass is 16.5. The van der Waals surface area contributed by atoms with Crippen LogP contribution in [0.15, 0.2) is 84.9 Å². The molecule has 0 bridgehead atoms. The van der Waals surface area contributed by atoms with E-state index in [1.807, 2.05) is 72.8 Å². The first-order valence-electron chi connectivity index (χ1n) is 25.0. The van der Waals surface area contributed by atoms with E-state index >= 15 is 0 Å². The Bertz CT molecular complexity index is 1730. The van der Waals surface area contributed by atoms with E-state index in [2.05, 4.69) is 31.1 Å². The molecule has 340 valence electrons. The van der Waals surface area contributed by atoms with Crippen LogP contribution in [-0.2, 0) is 9.59 Å². The summed E-state index contributed by atoms with van der Waals surface area (Å²) in [6, 6.07) is 24.2. The van der Waals surface area contributed by atoms with Gasteiger partial charge in [-0.15, -0.1) is 0 Å². The molecule has 2 N–H and O–H groups in total. The lowest BCUT2D eigenvalue weighted by molar-refractivity contribution is -0.117. The Morgan fingerprint density at radius 2 is 0.694 bits per heavy atom. The Morgan fingerprint density at radius 3 is 1.00 bits per heavy atom. The number of unbranched alkanes of at least 4 members (excludes halogenated alkanes) is 24. The van der Waals surface area contributed by atoms with Crippen molar-refractivity contribution in [2.75, 3.05) is 23.8 Å². The van der Waals surface area contributed by atoms with Crippen LogP contribution in [0, 0.1) is 0 Å². The number of benzene rings is 4. The molecule has 6 nitrogen and oxygen atoms in total. The third kappa shape index (κ3) is 20.7. The normalized spacial score (nSPS) is 11.3. The summed E-state index contributed by atoms with van der Waals surface area (Å²) in [5.74, 6) is 1.23. The first kappa shape index (κ1) is 50.3. The first-order valence-corrected chi connectivity index (χ1v) is 25.0. The quantitative estimate of drug-likeness (QED) is 0.0353. The second-order valence-electron chi connectivity index (χ2n) is 17.8. The summed E-state index contributed by atoms with van der Waals surface area (Å²) in [4.78, 5) is 26.3. The molecule has 0 radical (unpaired) electrons. The Morgan fingerprint density at radius 1 is 0.419 bits per heavy atom. The number of hydrogen-bond acceptors (Lipinski definition) is 4. The van der Waals surface area contributed by atoms with Crippen molar-refractivity contribution in [3.05, 3.63) is 84.9 Å². The Kier molecular flexibility index (Phi) is 25.6. The van der Waals surface area contributed by atoms with E-state index in [1.165, 1.54) is 141 Å². The number of rotatable bonds is 36. The molecule has 0 saturated heterocycles. The third-order valence-electron chi connectivity index (χ3n) is 12.1. The van der Waals surface area contributed by atoms with Crippen molar-refractivity contribution < 1.29 is 19.1 Å². The molecule has 0 aliphatic rings. The van der Waals surface area contributed by atoms with Gasteiger partial charge in [-0.05, 0) is 64.2 Å². The SMILES string of the molecule is C=C(COc1cc2ccccc2cc1NC(=O)CCCCCCCCCCCCCCC)COc1cc2ccccc2cc1NC(=O)CCCCCCCCCCCCCCC. The summed E-state index contributed by atoms with van der Waals surface area (Å²) >= 11 is 0. The second-order valence-corrected chi connectivity index (χ2v) is 17.8. The van der Waals surface area contributed by atoms with E-state index in [0.29, 0.717) is 35.7 Å². The number of carbonyl (C=O) groups excluding carboxylic acids is 2. The summed E-state index contributed by atoms with van der Waals surface area (Å²) in [6.45, 7) is 9.24. The van der Waals surface area contributed by atoms with Crippen molar-refractivity contribution in [3.8, 4) is 11.5 Å². The minimum absolute atomic E-state index is 0.00956. The molecule has 0 unspecified atom stereocenters. The number of ether oxygens (including phenoxy) is 2. The summed E-state index contributed by atoms with van der Waals surface area (Å²) < 4.78 is 12.7. The number of carbonyl (C=O) groups is 2. The highest BCUT2D eigenvalue weighted by Crippen LogP contribution is 2.33. The van der Waals surface area contributed by atoms with Gasteiger partial charge in [0, 0.05) is 12.8 Å². The first-order chi connectivity index (χ1) is 30.5. The lowest BCUT2D eigenvalue weighted by atomic mass is 10.0. The van der Waals surface area contributed by atoms with Crippen LogP contribution < -0.4 is 20.1 Å². The number of nitrogens with one attached hydrogen (secondary N) is 2. The minimum Gasteiger partial charge on any atom is -0.487 e. The fourth-order valence-electron chi connectivity index (χ4n) is 8.31. The highest BCUT2D eigenvalue weighted by Gasteiger charge is 2.14. The van der Waals surface area contributed by atoms with Crippen molar-refractivity contribution in [1.29, 1.82) is 0 Å². The number of fused-ring (bicyclic) bond motifs is 2. The van der Waals surface area contributed by atoms with Crippen LogP contribution in [0.4, 0.5) is 11.4 Å². The molecule has 6 heteroatoms. The maximum absolute atomic E-state index is 13.1. The zero-order valence-corrected chi connectivity index (χ0v) is 39.0. The zero-order chi connectivity index (χ0) is 43.9. The van der Waals surface area contributed by atoms with Gasteiger partial charge in [0.25, 0.3) is 0 Å². The molecule has 0 heterocycles. The molecule has 0 aromatic heterocycles. The summed E-state index contributed by atoms with van der Waals surface area (Å²) in [5, 5.41) is 10.4. The van der Waals surface area contributed by atoms with Crippen LogP contribution in [0.3, 0.4) is 0 Å². The van der Waals surface area contributed by atoms with Crippen molar-refractivity contribution in [2.45, 2.75) is 194 Å². The maximum Gasteiger partial charge on any atom is 0.224 e. The summed E-state index contributed by atoms with van der Waals surface area (Å²) in [5.41, 5.74) is 2.07. The topological polar surface area (TPSA) is 76.7 Å². The number of amides is 2. The molecule has 4 rings (SSSR count). The molecule has 0 aliphatic carbocycles. The maximum atomic E-state index is 13.1. The van der Waals surface area contributed by atoms with E-state index in [0.717, 1.165) is 52.8 Å². The minimum atomic E-state index is 0.00956. The summed E-state index contributed by atoms with van der Waals surface area (Å²) in [7, 11) is 0. The average molecular weight is 847 g/mol. The Labute approximate surface area is 376 Å². The largest absolute Gasteiger partial charge is 0.487 e. The van der Waals surface area contributed by atoms with Gasteiger partial charge in [-0.3, -0.25) is 9.59 Å². The molecule has 0 atom stereocenters. The van der Waals surface area contributed by atoms with Gasteiger partial charge in [-0.2, -0.15) is 0 Å². The van der Waals surface area contributed by atoms with Gasteiger partial charge in [-0.25, -0.2) is 0 Å². The standard InChI is InChI=1S/C56H82N2O4/c1-4-6-8-10-12-14-16-18-20-22-24-26-28-38-55(59)57-51-40-47-34-30-32-36-49(47)42-53(51)61-44-46(3)45-62-54-43-50-37-33-31-35-48(50)41-52(54)58-56(60)39-29-27-25-23-21-19-17-15-13-11-9-7-5-2/h30-37,40-43H,3-29,38-39,44-45H2,1-2H3,(H,57,59)(H,58,60). The van der Waals surface area contributed by atoms with E-state index in [9.17, 15) is 9.59 Å². The molecular weight excluding hydrogens is 765 g/mol. The summed E-state index contributed by atoms with van der Waals surface area (Å²) in [6.07, 6.45) is 34.2. The van der Waals surface area contributed by atoms with Crippen molar-refractivity contribution in [1.82, 2.24) is 0 Å². The third-order valence-corrected chi connectivity index (χ3v) is 12.1. The van der Waals surface area contributed by atoms with E-state index in [1.54, 1.807) is 0 Å². The van der Waals surface area contributed by atoms with Gasteiger partial charge in [0.2, 0.25) is 11.8 Å². The van der Waals surface area contributed by atoms with Crippen LogP contribution in [0.2, 0.25) is 0 Å². The molecule has 0 aliphatic heterocycles. The number of hydrogen-bond donors (Lipinski definition) is 2. The molecule has 62 heavy (non-hydrogen) atoms. The van der Waals surface area contributed by atoms with Crippen molar-refractivity contribution in [2.24, 2.45) is 0 Å². The molecule has 0 fully saturated rings. The molecule has 4 aromatic carbocycles. The predicted molar refractivity (Wildman–Crippen MR) is 266 cm³/mol. The van der Waals surface area contributed by atoms with E-state index in [-0.39, 0.29) is 25.0 Å². The monoisotopic (exact) mass is 847 g/mol. The van der Waals surface area contributed by atoms with Gasteiger partial charge in [0.05, 0.1) is 11.4 Å². The van der Waals surface area contributed by atoms with Gasteiger partial charge in [-0.1, -0.05) is 223 Å². The lowest BCUT2D eigenvalue weighted by Gasteiger charge is -2.17. The van der Waals surface area contributed by atoms with Crippen LogP contribution in [0.25, 0.3) is 21.5 Å². The molecule has 0 saturated carbocycles. The highest BCUT2D eigenvalue weighted by molar-refractivity contribution is 5.98. The van der Waals surface area contributed by atoms with Crippen molar-refractivity contribution >= 4 is 44.7 Å². The predicted octanol–water partition coefficient (Wildman–Crippen LogP) is 16.8. The van der Waals surface area contributed by atoms with E-state index < -0.39 is 0 Å². The molecule has 2 amide bonds. The zero-order valence-electron chi connectivity index (χ0n) is 39.0. The molecule has 0 spiro atoms. The van der Waals surface area contributed by atoms with Crippen LogP contribution >= 0.6 is 0 Å². The van der Waals surface area contributed by atoms with Gasteiger partial charge in [0.1, 0.15) is 24.7 Å². The Balaban J connectivity index is 1.19. The van der Waals surface area contributed by atoms with Crippen LogP contribution in [0.1, 0.15) is 194 Å². The fourth-order valence-corrected chi connectivity index (χ4v) is 8.31. The smallest absolute Gasteiger partial charge is 0.224 e. The second kappa shape index (κ2) is 31.5. The van der Waals surface area contributed by atoms with Crippen LogP contribution in [0.5, 0.6) is 11.5 Å². The van der Waals surface area contributed by atoms with Gasteiger partial charge in [0.15, 0.2) is 0 Å².